The molecule has 0 amide bonds. The molecular weight excluding hydrogens is 223 g/mol. The fourth-order valence-corrected chi connectivity index (χ4v) is 1.42. The third-order valence-corrected chi connectivity index (χ3v) is 2.21. The van der Waals surface area contributed by atoms with Crippen LogP contribution in [0.5, 0.6) is 5.75 Å². The fourth-order valence-electron chi connectivity index (χ4n) is 1.42. The summed E-state index contributed by atoms with van der Waals surface area (Å²) >= 11 is 0. The SMILES string of the molecule is [O-][n+]1ccc(O)c2ccc(C(F)(F)F)cc21. The first-order chi connectivity index (χ1) is 7.39. The Labute approximate surface area is 87.9 Å². The van der Waals surface area contributed by atoms with Gasteiger partial charge in [0.2, 0.25) is 5.52 Å². The van der Waals surface area contributed by atoms with Crippen molar-refractivity contribution in [2.45, 2.75) is 6.18 Å². The van der Waals surface area contributed by atoms with Crippen molar-refractivity contribution < 1.29 is 23.0 Å². The lowest BCUT2D eigenvalue weighted by Gasteiger charge is -2.08. The molecule has 84 valence electrons. The summed E-state index contributed by atoms with van der Waals surface area (Å²) in [6, 6.07) is 3.73. The zero-order chi connectivity index (χ0) is 11.9. The molecule has 1 N–H and O–H groups in total. The van der Waals surface area contributed by atoms with E-state index in [1.165, 1.54) is 0 Å². The van der Waals surface area contributed by atoms with E-state index in [1.807, 2.05) is 0 Å². The van der Waals surface area contributed by atoms with Gasteiger partial charge in [0.05, 0.1) is 10.9 Å². The Kier molecular flexibility index (Phi) is 2.15. The second-order valence-electron chi connectivity index (χ2n) is 3.26. The molecule has 0 fully saturated rings. The molecule has 0 bridgehead atoms. The van der Waals surface area contributed by atoms with Crippen LogP contribution in [0, 0.1) is 5.21 Å². The first-order valence-corrected chi connectivity index (χ1v) is 4.31. The number of hydrogen-bond donors (Lipinski definition) is 1. The maximum atomic E-state index is 12.4. The van der Waals surface area contributed by atoms with Crippen LogP contribution in [-0.2, 0) is 6.18 Å². The molecule has 0 saturated carbocycles. The topological polar surface area (TPSA) is 47.2 Å². The van der Waals surface area contributed by atoms with Gasteiger partial charge in [0.15, 0.2) is 6.20 Å². The second kappa shape index (κ2) is 3.26. The minimum Gasteiger partial charge on any atom is -0.618 e. The van der Waals surface area contributed by atoms with Crippen LogP contribution in [-0.4, -0.2) is 5.11 Å². The monoisotopic (exact) mass is 229 g/mol. The van der Waals surface area contributed by atoms with Gasteiger partial charge in [-0.2, -0.15) is 17.9 Å². The maximum Gasteiger partial charge on any atom is 0.416 e. The predicted molar refractivity (Wildman–Crippen MR) is 49.6 cm³/mol. The largest absolute Gasteiger partial charge is 0.618 e. The normalized spacial score (nSPS) is 11.9. The molecule has 1 aromatic carbocycles. The first kappa shape index (κ1) is 10.5. The lowest BCUT2D eigenvalue weighted by molar-refractivity contribution is -0.577. The van der Waals surface area contributed by atoms with Crippen molar-refractivity contribution in [1.82, 2.24) is 0 Å². The van der Waals surface area contributed by atoms with Crippen LogP contribution in [0.1, 0.15) is 5.56 Å². The summed E-state index contributed by atoms with van der Waals surface area (Å²) < 4.78 is 37.4. The van der Waals surface area contributed by atoms with Crippen molar-refractivity contribution >= 4 is 10.9 Å². The van der Waals surface area contributed by atoms with Gasteiger partial charge in [-0.1, -0.05) is 0 Å². The van der Waals surface area contributed by atoms with Crippen LogP contribution in [0.4, 0.5) is 13.2 Å². The maximum absolute atomic E-state index is 12.4. The third kappa shape index (κ3) is 1.62. The minimum absolute atomic E-state index is 0.0884. The summed E-state index contributed by atoms with van der Waals surface area (Å²) in [6.07, 6.45) is -3.55. The van der Waals surface area contributed by atoms with Crippen LogP contribution >= 0.6 is 0 Å². The summed E-state index contributed by atoms with van der Waals surface area (Å²) in [4.78, 5) is 0. The Balaban J connectivity index is 2.76. The number of hydrogen-bond acceptors (Lipinski definition) is 2. The number of rotatable bonds is 0. The molecule has 2 aromatic rings. The third-order valence-electron chi connectivity index (χ3n) is 2.21. The lowest BCUT2D eigenvalue weighted by atomic mass is 10.1. The Hall–Kier alpha value is -1.98. The highest BCUT2D eigenvalue weighted by Gasteiger charge is 2.31. The Morgan fingerprint density at radius 1 is 1.19 bits per heavy atom. The van der Waals surface area contributed by atoms with E-state index in [9.17, 15) is 23.5 Å². The molecule has 0 spiro atoms. The Morgan fingerprint density at radius 2 is 1.88 bits per heavy atom. The summed E-state index contributed by atoms with van der Waals surface area (Å²) in [5.74, 6) is -0.226. The van der Waals surface area contributed by atoms with E-state index in [-0.39, 0.29) is 21.4 Å². The number of pyridine rings is 1. The Bertz CT molecular complexity index is 551. The van der Waals surface area contributed by atoms with Crippen molar-refractivity contribution in [2.24, 2.45) is 0 Å². The van der Waals surface area contributed by atoms with Crippen LogP contribution in [0.25, 0.3) is 10.9 Å². The molecule has 6 heteroatoms. The van der Waals surface area contributed by atoms with E-state index in [1.54, 1.807) is 0 Å². The van der Waals surface area contributed by atoms with Gasteiger partial charge < -0.3 is 10.3 Å². The van der Waals surface area contributed by atoms with Gasteiger partial charge in [-0.15, -0.1) is 0 Å². The van der Waals surface area contributed by atoms with Gasteiger partial charge in [-0.25, -0.2) is 0 Å². The highest BCUT2D eigenvalue weighted by atomic mass is 19.4. The van der Waals surface area contributed by atoms with Crippen LogP contribution in [0.3, 0.4) is 0 Å². The molecule has 0 unspecified atom stereocenters. The van der Waals surface area contributed by atoms with Gasteiger partial charge in [-0.3, -0.25) is 0 Å². The number of halogens is 3. The van der Waals surface area contributed by atoms with E-state index in [4.69, 9.17) is 0 Å². The number of benzene rings is 1. The predicted octanol–water partition coefficient (Wildman–Crippen LogP) is 2.20. The fraction of sp³-hybridized carbons (Fsp3) is 0.100. The van der Waals surface area contributed by atoms with Crippen LogP contribution < -0.4 is 4.73 Å². The quantitative estimate of drug-likeness (QED) is 0.556. The highest BCUT2D eigenvalue weighted by molar-refractivity contribution is 5.82. The molecule has 2 rings (SSSR count). The molecule has 1 aromatic heterocycles. The molecular formula is C10H6F3NO2. The zero-order valence-electron chi connectivity index (χ0n) is 7.82. The molecule has 16 heavy (non-hydrogen) atoms. The number of fused-ring (bicyclic) bond motifs is 1. The summed E-state index contributed by atoms with van der Waals surface area (Å²) in [5, 5.41) is 20.7. The van der Waals surface area contributed by atoms with Gasteiger partial charge >= 0.3 is 6.18 Å². The van der Waals surface area contributed by atoms with Gasteiger partial charge in [0.25, 0.3) is 0 Å². The summed E-state index contributed by atoms with van der Waals surface area (Å²) in [5.41, 5.74) is -1.13. The van der Waals surface area contributed by atoms with Crippen molar-refractivity contribution in [3.8, 4) is 5.75 Å². The molecule has 0 saturated heterocycles. The smallest absolute Gasteiger partial charge is 0.416 e. The van der Waals surface area contributed by atoms with Crippen molar-refractivity contribution in [3.05, 3.63) is 41.2 Å². The van der Waals surface area contributed by atoms with Gasteiger partial charge in [0, 0.05) is 12.1 Å². The second-order valence-corrected chi connectivity index (χ2v) is 3.26. The molecule has 0 aliphatic heterocycles. The number of aromatic nitrogens is 1. The molecule has 0 atom stereocenters. The van der Waals surface area contributed by atoms with Gasteiger partial charge in [0.1, 0.15) is 5.75 Å². The van der Waals surface area contributed by atoms with Crippen molar-refractivity contribution in [3.63, 3.8) is 0 Å². The molecule has 0 aliphatic carbocycles. The summed E-state index contributed by atoms with van der Waals surface area (Å²) in [6.45, 7) is 0. The minimum atomic E-state index is -4.51. The first-order valence-electron chi connectivity index (χ1n) is 4.31. The standard InChI is InChI=1S/C10H6F3NO2/c11-10(12,13)6-1-2-7-8(5-6)14(16)4-3-9(7)15/h1-5,15H. The van der Waals surface area contributed by atoms with E-state index in [0.29, 0.717) is 6.07 Å². The molecule has 1 heterocycles. The van der Waals surface area contributed by atoms with E-state index >= 15 is 0 Å². The average molecular weight is 229 g/mol. The number of aromatic hydroxyl groups is 1. The highest BCUT2D eigenvalue weighted by Crippen LogP contribution is 2.32. The van der Waals surface area contributed by atoms with Crippen LogP contribution in [0.15, 0.2) is 30.5 Å². The van der Waals surface area contributed by atoms with E-state index in [0.717, 1.165) is 24.4 Å². The van der Waals surface area contributed by atoms with Gasteiger partial charge in [-0.05, 0) is 12.1 Å². The summed E-state index contributed by atoms with van der Waals surface area (Å²) in [7, 11) is 0. The average Bonchev–Trinajstić information content (AvgIpc) is 2.22. The number of nitrogens with zero attached hydrogens (tertiary/aromatic N) is 1. The zero-order valence-corrected chi connectivity index (χ0v) is 7.82. The molecule has 0 radical (unpaired) electrons. The molecule has 0 aliphatic rings. The number of alkyl halides is 3. The van der Waals surface area contributed by atoms with E-state index in [2.05, 4.69) is 0 Å². The Morgan fingerprint density at radius 3 is 2.50 bits per heavy atom. The molecule has 3 nitrogen and oxygen atoms in total. The lowest BCUT2D eigenvalue weighted by Crippen LogP contribution is -2.26. The van der Waals surface area contributed by atoms with Crippen molar-refractivity contribution in [1.29, 1.82) is 0 Å². The van der Waals surface area contributed by atoms with Crippen LogP contribution in [0.2, 0.25) is 0 Å². The van der Waals surface area contributed by atoms with Crippen molar-refractivity contribution in [2.75, 3.05) is 0 Å². The van der Waals surface area contributed by atoms with E-state index < -0.39 is 11.7 Å².